The highest BCUT2D eigenvalue weighted by molar-refractivity contribution is 7.93. The summed E-state index contributed by atoms with van der Waals surface area (Å²) >= 11 is 7.92. The largest absolute Gasteiger partial charge is 0.276 e. The van der Waals surface area contributed by atoms with E-state index >= 15 is 0 Å². The molecule has 0 unspecified atom stereocenters. The number of nitro groups is 2. The van der Waals surface area contributed by atoms with Gasteiger partial charge >= 0.3 is 0 Å². The fourth-order valence-electron chi connectivity index (χ4n) is 0.720. The van der Waals surface area contributed by atoms with Crippen LogP contribution in [0, 0.1) is 20.2 Å². The van der Waals surface area contributed by atoms with Crippen LogP contribution in [-0.2, 0) is 0 Å². The van der Waals surface area contributed by atoms with Crippen LogP contribution < -0.4 is 0 Å². The summed E-state index contributed by atoms with van der Waals surface area (Å²) in [4.78, 5) is 19.0. The monoisotopic (exact) mass is 244 g/mol. The normalized spacial score (nSPS) is 8.00. The van der Waals surface area contributed by atoms with Crippen LogP contribution in [0.3, 0.4) is 0 Å². The van der Waals surface area contributed by atoms with Crippen molar-refractivity contribution < 1.29 is 9.85 Å². The van der Waals surface area contributed by atoms with Crippen molar-refractivity contribution in [3.05, 3.63) is 44.5 Å². The minimum atomic E-state index is -0.674. The topological polar surface area (TPSA) is 86.3 Å². The van der Waals surface area contributed by atoms with E-state index in [1.807, 2.05) is 4.31 Å². The Bertz CT molecular complexity index is 386. The lowest BCUT2D eigenvalue weighted by Gasteiger charge is -1.90. The highest BCUT2D eigenvalue weighted by Crippen LogP contribution is 2.18. The van der Waals surface area contributed by atoms with E-state index in [0.717, 1.165) is 6.07 Å². The summed E-state index contributed by atoms with van der Waals surface area (Å²) in [6.07, 6.45) is 0. The maximum atomic E-state index is 10.2. The first-order valence-corrected chi connectivity index (χ1v) is 4.22. The highest BCUT2D eigenvalue weighted by Gasteiger charge is 2.11. The van der Waals surface area contributed by atoms with Crippen LogP contribution in [0.5, 0.6) is 0 Å². The van der Waals surface area contributed by atoms with Gasteiger partial charge < -0.3 is 0 Å². The summed E-state index contributed by atoms with van der Waals surface area (Å²) in [5.74, 6) is 0. The summed E-state index contributed by atoms with van der Waals surface area (Å²) in [6, 6.07) is 4.59. The molecule has 0 radical (unpaired) electrons. The van der Waals surface area contributed by atoms with Crippen molar-refractivity contribution in [2.24, 2.45) is 0 Å². The van der Waals surface area contributed by atoms with Gasteiger partial charge in [-0.05, 0) is 30.5 Å². The van der Waals surface area contributed by atoms with Crippen molar-refractivity contribution in [1.82, 2.24) is 0 Å². The summed E-state index contributed by atoms with van der Waals surface area (Å²) < 4.78 is 1.92. The second-order valence-corrected chi connectivity index (χ2v) is 2.78. The van der Waals surface area contributed by atoms with Crippen LogP contribution in [0.2, 0.25) is 0 Å². The van der Waals surface area contributed by atoms with Crippen molar-refractivity contribution >= 4 is 40.1 Å². The van der Waals surface area contributed by atoms with E-state index in [1.165, 1.54) is 18.2 Å². The molecule has 0 aromatic heterocycles. The summed E-state index contributed by atoms with van der Waals surface area (Å²) in [6.45, 7) is 0. The number of rotatable bonds is 2. The number of hydrogen-bond donors (Lipinski definition) is 0. The molecule has 1 aromatic carbocycles. The Balaban J connectivity index is 0.000000583. The lowest BCUT2D eigenvalue weighted by atomic mass is 10.3. The lowest BCUT2D eigenvalue weighted by Crippen LogP contribution is -1.91. The van der Waals surface area contributed by atoms with Gasteiger partial charge in [0.1, 0.15) is 0 Å². The van der Waals surface area contributed by atoms with Gasteiger partial charge in [-0.3, -0.25) is 20.2 Å². The van der Waals surface area contributed by atoms with E-state index in [2.05, 4.69) is 24.4 Å². The number of nitrogens with zero attached hydrogens (tertiary/aromatic N) is 2. The fourth-order valence-corrected chi connectivity index (χ4v) is 0.720. The van der Waals surface area contributed by atoms with Crippen LogP contribution in [0.1, 0.15) is 0 Å². The number of thiocarbonyl (C=S) groups is 2. The molecule has 0 bridgehead atoms. The van der Waals surface area contributed by atoms with Crippen molar-refractivity contribution in [3.8, 4) is 0 Å². The van der Waals surface area contributed by atoms with E-state index in [1.54, 1.807) is 0 Å². The maximum Gasteiger partial charge on any atom is 0.276 e. The Hall–Kier alpha value is -1.76. The molecule has 1 aromatic rings. The zero-order valence-electron chi connectivity index (χ0n) is 7.15. The van der Waals surface area contributed by atoms with Gasteiger partial charge in [0, 0.05) is 16.4 Å². The minimum absolute atomic E-state index is 0.274. The quantitative estimate of drug-likeness (QED) is 0.451. The molecule has 0 aliphatic carbocycles. The molecular formula is C7H4N2O4S2. The van der Waals surface area contributed by atoms with Crippen LogP contribution in [0.25, 0.3) is 0 Å². The predicted molar refractivity (Wildman–Crippen MR) is 59.9 cm³/mol. The molecule has 0 aliphatic heterocycles. The average molecular weight is 244 g/mol. The standard InChI is InChI=1S/C6H4N2O4.CS2/c9-7(10)5-2-1-3-6(4-5)8(11)12;2-1-3/h1-4H;. The molecule has 1 rings (SSSR count). The molecule has 0 amide bonds. The van der Waals surface area contributed by atoms with Gasteiger partial charge in [0.2, 0.25) is 0 Å². The molecule has 0 aliphatic rings. The van der Waals surface area contributed by atoms with E-state index in [-0.39, 0.29) is 11.4 Å². The first kappa shape index (κ1) is 13.2. The Morgan fingerprint density at radius 3 is 1.67 bits per heavy atom. The van der Waals surface area contributed by atoms with Crippen LogP contribution in [0.15, 0.2) is 24.3 Å². The number of benzene rings is 1. The molecule has 0 atom stereocenters. The molecular weight excluding hydrogens is 240 g/mol. The smallest absolute Gasteiger partial charge is 0.258 e. The van der Waals surface area contributed by atoms with E-state index in [9.17, 15) is 20.2 Å². The Kier molecular flexibility index (Phi) is 5.88. The number of nitro benzene ring substituents is 2. The summed E-state index contributed by atoms with van der Waals surface area (Å²) in [5.41, 5.74) is -0.548. The van der Waals surface area contributed by atoms with E-state index in [0.29, 0.717) is 0 Å². The van der Waals surface area contributed by atoms with Gasteiger partial charge in [0.15, 0.2) is 0 Å². The van der Waals surface area contributed by atoms with Gasteiger partial charge in [-0.15, -0.1) is 0 Å². The minimum Gasteiger partial charge on any atom is -0.258 e. The third kappa shape index (κ3) is 4.87. The van der Waals surface area contributed by atoms with Gasteiger partial charge in [-0.25, -0.2) is 0 Å². The van der Waals surface area contributed by atoms with Gasteiger partial charge in [0.05, 0.1) is 15.9 Å². The van der Waals surface area contributed by atoms with Crippen LogP contribution in [-0.4, -0.2) is 14.2 Å². The zero-order chi connectivity index (χ0) is 11.8. The van der Waals surface area contributed by atoms with Crippen LogP contribution in [0.4, 0.5) is 11.4 Å². The second-order valence-electron chi connectivity index (χ2n) is 2.12. The number of hydrogen-bond acceptors (Lipinski definition) is 6. The van der Waals surface area contributed by atoms with Crippen molar-refractivity contribution in [3.63, 3.8) is 0 Å². The molecule has 8 heteroatoms. The van der Waals surface area contributed by atoms with Crippen LogP contribution >= 0.6 is 24.4 Å². The summed E-state index contributed by atoms with van der Waals surface area (Å²) in [5, 5.41) is 20.3. The maximum absolute atomic E-state index is 10.2. The average Bonchev–Trinajstić information content (AvgIpc) is 2.19. The molecule has 0 saturated heterocycles. The molecule has 0 saturated carbocycles. The molecule has 0 fully saturated rings. The highest BCUT2D eigenvalue weighted by atomic mass is 32.1. The van der Waals surface area contributed by atoms with Gasteiger partial charge in [-0.1, -0.05) is 0 Å². The predicted octanol–water partition coefficient (Wildman–Crippen LogP) is 2.52. The zero-order valence-corrected chi connectivity index (χ0v) is 8.79. The molecule has 0 heterocycles. The van der Waals surface area contributed by atoms with Crippen molar-refractivity contribution in [1.29, 1.82) is 0 Å². The summed E-state index contributed by atoms with van der Waals surface area (Å²) in [7, 11) is 0. The fraction of sp³-hybridized carbons (Fsp3) is 0. The molecule has 6 nitrogen and oxygen atoms in total. The lowest BCUT2D eigenvalue weighted by molar-refractivity contribution is -0.394. The Labute approximate surface area is 94.8 Å². The third-order valence-corrected chi connectivity index (χ3v) is 1.25. The Morgan fingerprint density at radius 2 is 1.40 bits per heavy atom. The first-order chi connectivity index (χ1) is 7.02. The third-order valence-electron chi connectivity index (χ3n) is 1.25. The SMILES string of the molecule is O=[N+]([O-])c1cccc([N+](=O)[O-])c1.S=C=S. The molecule has 0 N–H and O–H groups in total. The molecule has 78 valence electrons. The van der Waals surface area contributed by atoms with Crippen molar-refractivity contribution in [2.45, 2.75) is 0 Å². The second kappa shape index (κ2) is 6.66. The van der Waals surface area contributed by atoms with E-state index < -0.39 is 9.85 Å². The van der Waals surface area contributed by atoms with Gasteiger partial charge in [-0.2, -0.15) is 0 Å². The first-order valence-electron chi connectivity index (χ1n) is 3.41. The van der Waals surface area contributed by atoms with Gasteiger partial charge in [0.25, 0.3) is 11.4 Å². The molecule has 0 spiro atoms. The van der Waals surface area contributed by atoms with Crippen molar-refractivity contribution in [2.75, 3.05) is 0 Å². The van der Waals surface area contributed by atoms with E-state index in [4.69, 9.17) is 0 Å². The Morgan fingerprint density at radius 1 is 1.07 bits per heavy atom. The molecule has 15 heavy (non-hydrogen) atoms. The number of non-ortho nitro benzene ring substituents is 2.